The van der Waals surface area contributed by atoms with Gasteiger partial charge in [0, 0.05) is 21.4 Å². The van der Waals surface area contributed by atoms with Crippen molar-refractivity contribution in [2.45, 2.75) is 18.9 Å². The number of nitrogens with one attached hydrogen (secondary N) is 1. The van der Waals surface area contributed by atoms with Gasteiger partial charge in [-0.2, -0.15) is 0 Å². The summed E-state index contributed by atoms with van der Waals surface area (Å²) >= 11 is 2.22. The van der Waals surface area contributed by atoms with Crippen molar-refractivity contribution in [2.24, 2.45) is 0 Å². The fourth-order valence-electron chi connectivity index (χ4n) is 2.44. The third kappa shape index (κ3) is 4.68. The van der Waals surface area contributed by atoms with E-state index in [0.29, 0.717) is 12.2 Å². The standard InChI is InChI=1S/C18H18INO3/c19-14-3-1-4-15(11-14)20-18(21)13-6-8-16(9-7-13)23-12-17-5-2-10-22-17/h1,3-4,6-9,11,17H,2,5,10,12H2,(H,20,21). The van der Waals surface area contributed by atoms with E-state index in [9.17, 15) is 4.79 Å². The molecule has 1 aliphatic heterocycles. The lowest BCUT2D eigenvalue weighted by atomic mass is 10.2. The fourth-order valence-corrected chi connectivity index (χ4v) is 2.98. The van der Waals surface area contributed by atoms with Gasteiger partial charge in [-0.1, -0.05) is 6.07 Å². The van der Waals surface area contributed by atoms with Crippen LogP contribution in [0.1, 0.15) is 23.2 Å². The summed E-state index contributed by atoms with van der Waals surface area (Å²) in [7, 11) is 0. The average molecular weight is 423 g/mol. The second kappa shape index (κ2) is 7.79. The number of anilines is 1. The lowest BCUT2D eigenvalue weighted by Gasteiger charge is -2.12. The van der Waals surface area contributed by atoms with Gasteiger partial charge in [-0.3, -0.25) is 4.79 Å². The number of carbonyl (C=O) groups excluding carboxylic acids is 1. The van der Waals surface area contributed by atoms with E-state index in [4.69, 9.17) is 9.47 Å². The van der Waals surface area contributed by atoms with Crippen molar-refractivity contribution in [3.8, 4) is 5.75 Å². The molecule has 0 aromatic heterocycles. The summed E-state index contributed by atoms with van der Waals surface area (Å²) in [5.41, 5.74) is 1.40. The molecule has 4 nitrogen and oxygen atoms in total. The van der Waals surface area contributed by atoms with Gasteiger partial charge in [-0.25, -0.2) is 0 Å². The topological polar surface area (TPSA) is 47.6 Å². The summed E-state index contributed by atoms with van der Waals surface area (Å²) < 4.78 is 12.3. The zero-order valence-electron chi connectivity index (χ0n) is 12.6. The SMILES string of the molecule is O=C(Nc1cccc(I)c1)c1ccc(OCC2CCCO2)cc1. The van der Waals surface area contributed by atoms with Gasteiger partial charge in [-0.15, -0.1) is 0 Å². The number of halogens is 1. The van der Waals surface area contributed by atoms with Crippen molar-refractivity contribution in [1.82, 2.24) is 0 Å². The molecule has 3 rings (SSSR count). The molecule has 2 aromatic carbocycles. The van der Waals surface area contributed by atoms with Crippen molar-refractivity contribution < 1.29 is 14.3 Å². The summed E-state index contributed by atoms with van der Waals surface area (Å²) in [5.74, 6) is 0.629. The smallest absolute Gasteiger partial charge is 0.255 e. The predicted molar refractivity (Wildman–Crippen MR) is 98.0 cm³/mol. The van der Waals surface area contributed by atoms with E-state index in [1.807, 2.05) is 36.4 Å². The summed E-state index contributed by atoms with van der Waals surface area (Å²) in [6.45, 7) is 1.39. The Hall–Kier alpha value is -1.60. The van der Waals surface area contributed by atoms with Crippen molar-refractivity contribution in [3.63, 3.8) is 0 Å². The monoisotopic (exact) mass is 423 g/mol. The molecular weight excluding hydrogens is 405 g/mol. The van der Waals surface area contributed by atoms with E-state index >= 15 is 0 Å². The van der Waals surface area contributed by atoms with Crippen LogP contribution >= 0.6 is 22.6 Å². The number of benzene rings is 2. The van der Waals surface area contributed by atoms with Gasteiger partial charge in [0.1, 0.15) is 12.4 Å². The van der Waals surface area contributed by atoms with Crippen LogP contribution in [-0.4, -0.2) is 25.2 Å². The molecule has 1 amide bonds. The van der Waals surface area contributed by atoms with Crippen LogP contribution in [0, 0.1) is 3.57 Å². The summed E-state index contributed by atoms with van der Waals surface area (Å²) in [6, 6.07) is 14.9. The number of amides is 1. The minimum absolute atomic E-state index is 0.127. The molecule has 1 atom stereocenters. The molecule has 0 bridgehead atoms. The van der Waals surface area contributed by atoms with Gasteiger partial charge in [0.15, 0.2) is 0 Å². The molecule has 1 aliphatic rings. The molecule has 120 valence electrons. The average Bonchev–Trinajstić information content (AvgIpc) is 3.07. The normalized spacial score (nSPS) is 17.0. The van der Waals surface area contributed by atoms with E-state index in [-0.39, 0.29) is 12.0 Å². The van der Waals surface area contributed by atoms with E-state index in [2.05, 4.69) is 27.9 Å². The van der Waals surface area contributed by atoms with Crippen LogP contribution < -0.4 is 10.1 Å². The van der Waals surface area contributed by atoms with Crippen LogP contribution in [0.5, 0.6) is 5.75 Å². The predicted octanol–water partition coefficient (Wildman–Crippen LogP) is 4.10. The first-order chi connectivity index (χ1) is 11.2. The number of hydrogen-bond donors (Lipinski definition) is 1. The summed E-state index contributed by atoms with van der Waals surface area (Å²) in [4.78, 5) is 12.2. The van der Waals surface area contributed by atoms with E-state index in [1.165, 1.54) is 0 Å². The molecule has 0 aliphatic carbocycles. The number of carbonyl (C=O) groups is 1. The molecule has 0 saturated carbocycles. The first-order valence-corrected chi connectivity index (χ1v) is 8.70. The lowest BCUT2D eigenvalue weighted by molar-refractivity contribution is 0.0679. The maximum Gasteiger partial charge on any atom is 0.255 e. The van der Waals surface area contributed by atoms with Gasteiger partial charge in [0.05, 0.1) is 6.10 Å². The van der Waals surface area contributed by atoms with Gasteiger partial charge >= 0.3 is 0 Å². The second-order valence-electron chi connectivity index (χ2n) is 5.43. The van der Waals surface area contributed by atoms with Crippen LogP contribution in [-0.2, 0) is 4.74 Å². The molecule has 0 radical (unpaired) electrons. The third-order valence-electron chi connectivity index (χ3n) is 3.66. The highest BCUT2D eigenvalue weighted by Crippen LogP contribution is 2.18. The Balaban J connectivity index is 1.56. The molecule has 1 unspecified atom stereocenters. The van der Waals surface area contributed by atoms with E-state index < -0.39 is 0 Å². The molecule has 1 saturated heterocycles. The highest BCUT2D eigenvalue weighted by Gasteiger charge is 2.16. The van der Waals surface area contributed by atoms with Crippen LogP contribution in [0.4, 0.5) is 5.69 Å². The Labute approximate surface area is 149 Å². The first-order valence-electron chi connectivity index (χ1n) is 7.62. The number of hydrogen-bond acceptors (Lipinski definition) is 3. The zero-order valence-corrected chi connectivity index (χ0v) is 14.8. The zero-order chi connectivity index (χ0) is 16.1. The van der Waals surface area contributed by atoms with Gasteiger partial charge in [-0.05, 0) is 77.9 Å². The van der Waals surface area contributed by atoms with E-state index in [1.54, 1.807) is 12.1 Å². The minimum atomic E-state index is -0.127. The van der Waals surface area contributed by atoms with Crippen LogP contribution in [0.15, 0.2) is 48.5 Å². The molecule has 2 aromatic rings. The third-order valence-corrected chi connectivity index (χ3v) is 4.33. The second-order valence-corrected chi connectivity index (χ2v) is 6.68. The molecule has 0 spiro atoms. The van der Waals surface area contributed by atoms with Crippen molar-refractivity contribution in [2.75, 3.05) is 18.5 Å². The van der Waals surface area contributed by atoms with Gasteiger partial charge < -0.3 is 14.8 Å². The largest absolute Gasteiger partial charge is 0.491 e. The van der Waals surface area contributed by atoms with E-state index in [0.717, 1.165) is 34.5 Å². The van der Waals surface area contributed by atoms with Gasteiger partial charge in [0.2, 0.25) is 0 Å². The number of rotatable bonds is 5. The van der Waals surface area contributed by atoms with Crippen LogP contribution in [0.25, 0.3) is 0 Å². The van der Waals surface area contributed by atoms with Crippen molar-refractivity contribution in [1.29, 1.82) is 0 Å². The number of ether oxygens (including phenoxy) is 2. The summed E-state index contributed by atoms with van der Waals surface area (Å²) in [5, 5.41) is 2.89. The van der Waals surface area contributed by atoms with Crippen molar-refractivity contribution >= 4 is 34.2 Å². The maximum atomic E-state index is 12.2. The Morgan fingerprint density at radius 3 is 2.78 bits per heavy atom. The lowest BCUT2D eigenvalue weighted by Crippen LogP contribution is -2.16. The highest BCUT2D eigenvalue weighted by atomic mass is 127. The Bertz CT molecular complexity index is 666. The van der Waals surface area contributed by atoms with Crippen molar-refractivity contribution in [3.05, 3.63) is 57.7 Å². The van der Waals surface area contributed by atoms with Crippen LogP contribution in [0.3, 0.4) is 0 Å². The molecule has 23 heavy (non-hydrogen) atoms. The highest BCUT2D eigenvalue weighted by molar-refractivity contribution is 14.1. The van der Waals surface area contributed by atoms with Crippen LogP contribution in [0.2, 0.25) is 0 Å². The fraction of sp³-hybridized carbons (Fsp3) is 0.278. The molecule has 5 heteroatoms. The Morgan fingerprint density at radius 2 is 2.09 bits per heavy atom. The molecular formula is C18H18INO3. The first kappa shape index (κ1) is 16.3. The molecule has 1 heterocycles. The quantitative estimate of drug-likeness (QED) is 0.737. The Kier molecular flexibility index (Phi) is 5.51. The maximum absolute atomic E-state index is 12.2. The Morgan fingerprint density at radius 1 is 1.26 bits per heavy atom. The molecule has 1 N–H and O–H groups in total. The van der Waals surface area contributed by atoms with Gasteiger partial charge in [0.25, 0.3) is 5.91 Å². The minimum Gasteiger partial charge on any atom is -0.491 e. The molecule has 1 fully saturated rings. The summed E-state index contributed by atoms with van der Waals surface area (Å²) in [6.07, 6.45) is 2.35.